The lowest BCUT2D eigenvalue weighted by Crippen LogP contribution is -2.23. The second-order valence-corrected chi connectivity index (χ2v) is 5.35. The van der Waals surface area contributed by atoms with Crippen LogP contribution >= 0.6 is 0 Å². The summed E-state index contributed by atoms with van der Waals surface area (Å²) in [5, 5.41) is 25.8. The van der Waals surface area contributed by atoms with Gasteiger partial charge in [-0.3, -0.25) is 25.7 Å². The van der Waals surface area contributed by atoms with Gasteiger partial charge in [-0.25, -0.2) is 0 Å². The van der Waals surface area contributed by atoms with Crippen molar-refractivity contribution in [3.8, 4) is 0 Å². The molecule has 0 unspecified atom stereocenters. The van der Waals surface area contributed by atoms with Gasteiger partial charge in [0.25, 0.3) is 11.4 Å². The maximum atomic E-state index is 11.0. The van der Waals surface area contributed by atoms with Crippen LogP contribution in [0.5, 0.6) is 0 Å². The van der Waals surface area contributed by atoms with Gasteiger partial charge in [-0.2, -0.15) is 5.10 Å². The van der Waals surface area contributed by atoms with Crippen molar-refractivity contribution in [2.45, 2.75) is 13.8 Å². The first-order valence-electron chi connectivity index (χ1n) is 8.03. The van der Waals surface area contributed by atoms with Gasteiger partial charge in [0.2, 0.25) is 0 Å². The highest BCUT2D eigenvalue weighted by Crippen LogP contribution is 2.24. The highest BCUT2D eigenvalue weighted by Gasteiger charge is 2.13. The van der Waals surface area contributed by atoms with E-state index in [-0.39, 0.29) is 11.4 Å². The Morgan fingerprint density at radius 2 is 1.58 bits per heavy atom. The van der Waals surface area contributed by atoms with Gasteiger partial charge in [0.15, 0.2) is 0 Å². The highest BCUT2D eigenvalue weighted by molar-refractivity contribution is 5.89. The molecule has 9 nitrogen and oxygen atoms in total. The van der Waals surface area contributed by atoms with Gasteiger partial charge in [-0.05, 0) is 32.0 Å². The van der Waals surface area contributed by atoms with E-state index in [0.29, 0.717) is 11.3 Å². The zero-order valence-electron chi connectivity index (χ0n) is 14.5. The van der Waals surface area contributed by atoms with E-state index in [0.717, 1.165) is 18.8 Å². The molecule has 0 bridgehead atoms. The molecule has 0 aliphatic heterocycles. The Kier molecular flexibility index (Phi) is 6.20. The number of benzene rings is 2. The molecule has 9 heteroatoms. The lowest BCUT2D eigenvalue weighted by Gasteiger charge is -2.22. The molecule has 0 spiro atoms. The Morgan fingerprint density at radius 3 is 2.12 bits per heavy atom. The van der Waals surface area contributed by atoms with Gasteiger partial charge in [0.1, 0.15) is 0 Å². The van der Waals surface area contributed by atoms with Gasteiger partial charge < -0.3 is 4.90 Å². The molecule has 0 heterocycles. The second-order valence-electron chi connectivity index (χ2n) is 5.35. The third-order valence-electron chi connectivity index (χ3n) is 3.80. The van der Waals surface area contributed by atoms with Crippen molar-refractivity contribution in [1.29, 1.82) is 0 Å². The summed E-state index contributed by atoms with van der Waals surface area (Å²) in [6.07, 6.45) is 1.50. The fourth-order valence-corrected chi connectivity index (χ4v) is 2.45. The minimum atomic E-state index is -0.480. The van der Waals surface area contributed by atoms with Crippen LogP contribution in [0.2, 0.25) is 0 Å². The summed E-state index contributed by atoms with van der Waals surface area (Å²) in [5.74, 6) is 0. The number of nitrogens with one attached hydrogen (secondary N) is 1. The average Bonchev–Trinajstić information content (AvgIpc) is 2.64. The van der Waals surface area contributed by atoms with Gasteiger partial charge in [-0.15, -0.1) is 0 Å². The SMILES string of the molecule is CCN(CC)c1ccc([N+](=O)[O-])cc1/C=N\Nc1ccc([N+](=O)[O-])cc1. The van der Waals surface area contributed by atoms with Crippen molar-refractivity contribution in [2.24, 2.45) is 5.10 Å². The van der Waals surface area contributed by atoms with Crippen molar-refractivity contribution in [1.82, 2.24) is 0 Å². The summed E-state index contributed by atoms with van der Waals surface area (Å²) in [5.41, 5.74) is 4.76. The predicted molar refractivity (Wildman–Crippen MR) is 101 cm³/mol. The zero-order chi connectivity index (χ0) is 19.1. The molecule has 0 aliphatic rings. The molecule has 0 aliphatic carbocycles. The van der Waals surface area contributed by atoms with E-state index < -0.39 is 9.85 Å². The maximum Gasteiger partial charge on any atom is 0.270 e. The Bertz CT molecular complexity index is 816. The van der Waals surface area contributed by atoms with Crippen LogP contribution in [0.1, 0.15) is 19.4 Å². The zero-order valence-corrected chi connectivity index (χ0v) is 14.5. The van der Waals surface area contributed by atoms with Crippen molar-refractivity contribution in [3.05, 3.63) is 68.3 Å². The van der Waals surface area contributed by atoms with Crippen LogP contribution < -0.4 is 10.3 Å². The predicted octanol–water partition coefficient (Wildman–Crippen LogP) is 3.80. The fraction of sp³-hybridized carbons (Fsp3) is 0.235. The minimum Gasteiger partial charge on any atom is -0.372 e. The molecule has 0 fully saturated rings. The Labute approximate surface area is 150 Å². The molecule has 1 N–H and O–H groups in total. The summed E-state index contributed by atoms with van der Waals surface area (Å²) in [7, 11) is 0. The van der Waals surface area contributed by atoms with E-state index in [4.69, 9.17) is 0 Å². The van der Waals surface area contributed by atoms with Gasteiger partial charge in [-0.1, -0.05) is 0 Å². The highest BCUT2D eigenvalue weighted by atomic mass is 16.6. The van der Waals surface area contributed by atoms with E-state index in [1.54, 1.807) is 6.07 Å². The van der Waals surface area contributed by atoms with Gasteiger partial charge in [0.05, 0.1) is 21.7 Å². The normalized spacial score (nSPS) is 10.7. The molecule has 2 aromatic carbocycles. The Balaban J connectivity index is 2.24. The molecule has 26 heavy (non-hydrogen) atoms. The first-order valence-corrected chi connectivity index (χ1v) is 8.03. The van der Waals surface area contributed by atoms with Crippen LogP contribution in [0.3, 0.4) is 0 Å². The molecule has 0 amide bonds. The van der Waals surface area contributed by atoms with Crippen LogP contribution in [0.25, 0.3) is 0 Å². The number of nitrogens with zero attached hydrogens (tertiary/aromatic N) is 4. The number of hydrogen-bond donors (Lipinski definition) is 1. The third-order valence-corrected chi connectivity index (χ3v) is 3.80. The Hall–Kier alpha value is -3.49. The van der Waals surface area contributed by atoms with E-state index in [2.05, 4.69) is 15.4 Å². The van der Waals surface area contributed by atoms with E-state index in [1.165, 1.54) is 42.6 Å². The van der Waals surface area contributed by atoms with Crippen LogP contribution in [0, 0.1) is 20.2 Å². The van der Waals surface area contributed by atoms with Gasteiger partial charge >= 0.3 is 0 Å². The van der Waals surface area contributed by atoms with Crippen molar-refractivity contribution in [3.63, 3.8) is 0 Å². The number of hydrazone groups is 1. The van der Waals surface area contributed by atoms with Crippen LogP contribution in [-0.2, 0) is 0 Å². The summed E-state index contributed by atoms with van der Waals surface area (Å²) >= 11 is 0. The number of anilines is 2. The molecule has 0 radical (unpaired) electrons. The van der Waals surface area contributed by atoms with E-state index in [1.807, 2.05) is 13.8 Å². The maximum absolute atomic E-state index is 11.0. The minimum absolute atomic E-state index is 0.0120. The summed E-state index contributed by atoms with van der Waals surface area (Å²) in [6.45, 7) is 5.51. The largest absolute Gasteiger partial charge is 0.372 e. The van der Waals surface area contributed by atoms with Crippen molar-refractivity contribution >= 4 is 29.0 Å². The first-order chi connectivity index (χ1) is 12.5. The average molecular weight is 357 g/mol. The molecule has 0 saturated heterocycles. The first kappa shape index (κ1) is 18.8. The monoisotopic (exact) mass is 357 g/mol. The standard InChI is InChI=1S/C17H19N5O4/c1-3-20(4-2)17-10-9-16(22(25)26)11-13(17)12-18-19-14-5-7-15(8-6-14)21(23)24/h5-12,19H,3-4H2,1-2H3/b18-12-. The van der Waals surface area contributed by atoms with Crippen LogP contribution in [-0.4, -0.2) is 29.2 Å². The summed E-state index contributed by atoms with van der Waals surface area (Å²) in [6, 6.07) is 10.4. The summed E-state index contributed by atoms with van der Waals surface area (Å²) < 4.78 is 0. The number of hydrogen-bond acceptors (Lipinski definition) is 7. The molecule has 2 rings (SSSR count). The van der Waals surface area contributed by atoms with Crippen molar-refractivity contribution < 1.29 is 9.85 Å². The second kappa shape index (κ2) is 8.56. The lowest BCUT2D eigenvalue weighted by atomic mass is 10.1. The molecule has 136 valence electrons. The topological polar surface area (TPSA) is 114 Å². The van der Waals surface area contributed by atoms with Gasteiger partial charge in [0, 0.05) is 48.6 Å². The smallest absolute Gasteiger partial charge is 0.270 e. The summed E-state index contributed by atoms with van der Waals surface area (Å²) in [4.78, 5) is 22.8. The fourth-order valence-electron chi connectivity index (χ4n) is 2.45. The van der Waals surface area contributed by atoms with E-state index in [9.17, 15) is 20.2 Å². The number of nitro benzene ring substituents is 2. The third kappa shape index (κ3) is 4.53. The molecule has 0 saturated carbocycles. The molecular formula is C17H19N5O4. The number of nitro groups is 2. The quantitative estimate of drug-likeness (QED) is 0.437. The van der Waals surface area contributed by atoms with Crippen LogP contribution in [0.4, 0.5) is 22.7 Å². The molecule has 0 aromatic heterocycles. The molecule has 0 atom stereocenters. The number of rotatable bonds is 8. The number of non-ortho nitro benzene ring substituents is 2. The lowest BCUT2D eigenvalue weighted by molar-refractivity contribution is -0.385. The van der Waals surface area contributed by atoms with E-state index >= 15 is 0 Å². The molecule has 2 aromatic rings. The van der Waals surface area contributed by atoms with Crippen LogP contribution in [0.15, 0.2) is 47.6 Å². The molecular weight excluding hydrogens is 338 g/mol. The van der Waals surface area contributed by atoms with Crippen molar-refractivity contribution in [2.75, 3.05) is 23.4 Å². The Morgan fingerprint density at radius 1 is 1.00 bits per heavy atom.